The van der Waals surface area contributed by atoms with Crippen LogP contribution in [-0.2, 0) is 12.4 Å². The van der Waals surface area contributed by atoms with Gasteiger partial charge in [0.05, 0.1) is 16.9 Å². The largest absolute Gasteiger partial charge is 0.327 e. The fourth-order valence-corrected chi connectivity index (χ4v) is 3.92. The minimum Gasteiger partial charge on any atom is -0.327 e. The Labute approximate surface area is 115 Å². The average molecular weight is 285 g/mol. The molecule has 0 aliphatic carbocycles. The zero-order valence-electron chi connectivity index (χ0n) is 9.90. The monoisotopic (exact) mass is 284 g/mol. The lowest BCUT2D eigenvalue weighted by molar-refractivity contribution is 0.492. The molecule has 2 nitrogen and oxygen atoms in total. The highest BCUT2D eigenvalue weighted by Gasteiger charge is 2.19. The van der Waals surface area contributed by atoms with Gasteiger partial charge < -0.3 is 4.57 Å². The first-order valence-corrected chi connectivity index (χ1v) is 7.75. The van der Waals surface area contributed by atoms with Crippen molar-refractivity contribution in [3.63, 3.8) is 0 Å². The Kier molecular flexibility index (Phi) is 3.48. The molecule has 1 aliphatic heterocycles. The summed E-state index contributed by atoms with van der Waals surface area (Å²) in [5.74, 6) is 4.08. The number of hydrogen-bond donors (Lipinski definition) is 0. The SMILES string of the molecule is Fc1ccc2c(c1)nc(CCl)n2CC1CCSC1. The van der Waals surface area contributed by atoms with E-state index in [-0.39, 0.29) is 5.82 Å². The third kappa shape index (κ3) is 2.24. The van der Waals surface area contributed by atoms with Crippen LogP contribution in [0.1, 0.15) is 12.2 Å². The molecular weight excluding hydrogens is 271 g/mol. The number of rotatable bonds is 3. The van der Waals surface area contributed by atoms with Gasteiger partial charge in [0.25, 0.3) is 0 Å². The van der Waals surface area contributed by atoms with Crippen LogP contribution in [0.3, 0.4) is 0 Å². The van der Waals surface area contributed by atoms with Gasteiger partial charge in [-0.1, -0.05) is 0 Å². The lowest BCUT2D eigenvalue weighted by atomic mass is 10.1. The van der Waals surface area contributed by atoms with Gasteiger partial charge in [-0.05, 0) is 36.0 Å². The van der Waals surface area contributed by atoms with Gasteiger partial charge in [0, 0.05) is 12.6 Å². The highest BCUT2D eigenvalue weighted by Crippen LogP contribution is 2.27. The maximum atomic E-state index is 13.2. The molecular formula is C13H14ClFN2S. The van der Waals surface area contributed by atoms with E-state index >= 15 is 0 Å². The third-order valence-electron chi connectivity index (χ3n) is 3.37. The van der Waals surface area contributed by atoms with Gasteiger partial charge in [-0.3, -0.25) is 0 Å². The summed E-state index contributed by atoms with van der Waals surface area (Å²) in [6, 6.07) is 4.77. The molecule has 0 saturated carbocycles. The fourth-order valence-electron chi connectivity index (χ4n) is 2.44. The third-order valence-corrected chi connectivity index (χ3v) is 4.84. The van der Waals surface area contributed by atoms with E-state index in [1.807, 2.05) is 11.8 Å². The van der Waals surface area contributed by atoms with E-state index in [9.17, 15) is 4.39 Å². The Morgan fingerprint density at radius 3 is 3.11 bits per heavy atom. The summed E-state index contributed by atoms with van der Waals surface area (Å²) < 4.78 is 15.4. The number of alkyl halides is 1. The second-order valence-electron chi connectivity index (χ2n) is 4.63. The first-order chi connectivity index (χ1) is 8.78. The Balaban J connectivity index is 2.01. The summed E-state index contributed by atoms with van der Waals surface area (Å²) in [6.45, 7) is 0.942. The van der Waals surface area contributed by atoms with Crippen LogP contribution in [-0.4, -0.2) is 21.1 Å². The molecule has 1 unspecified atom stereocenters. The van der Waals surface area contributed by atoms with Crippen molar-refractivity contribution in [2.45, 2.75) is 18.8 Å². The average Bonchev–Trinajstić information content (AvgIpc) is 2.97. The molecule has 0 amide bonds. The summed E-state index contributed by atoms with van der Waals surface area (Å²) in [6.07, 6.45) is 1.24. The smallest absolute Gasteiger partial charge is 0.125 e. The number of fused-ring (bicyclic) bond motifs is 1. The normalized spacial score (nSPS) is 19.8. The van der Waals surface area contributed by atoms with Gasteiger partial charge in [-0.25, -0.2) is 9.37 Å². The van der Waals surface area contributed by atoms with Gasteiger partial charge in [0.1, 0.15) is 11.6 Å². The van der Waals surface area contributed by atoms with Crippen molar-refractivity contribution in [2.24, 2.45) is 5.92 Å². The molecule has 1 aliphatic rings. The van der Waals surface area contributed by atoms with E-state index in [0.717, 1.165) is 17.9 Å². The van der Waals surface area contributed by atoms with Crippen molar-refractivity contribution in [2.75, 3.05) is 11.5 Å². The van der Waals surface area contributed by atoms with Gasteiger partial charge in [-0.15, -0.1) is 11.6 Å². The number of aromatic nitrogens is 2. The Morgan fingerprint density at radius 2 is 2.39 bits per heavy atom. The van der Waals surface area contributed by atoms with Gasteiger partial charge in [0.15, 0.2) is 0 Å². The van der Waals surface area contributed by atoms with Gasteiger partial charge in [-0.2, -0.15) is 11.8 Å². The molecule has 2 aromatic rings. The van der Waals surface area contributed by atoms with Crippen LogP contribution in [0.4, 0.5) is 4.39 Å². The van der Waals surface area contributed by atoms with Crippen LogP contribution < -0.4 is 0 Å². The summed E-state index contributed by atoms with van der Waals surface area (Å²) in [5, 5.41) is 0. The van der Waals surface area contributed by atoms with E-state index in [1.54, 1.807) is 6.07 Å². The number of hydrogen-bond acceptors (Lipinski definition) is 2. The molecule has 0 spiro atoms. The standard InChI is InChI=1S/C13H14ClFN2S/c14-6-13-16-11-5-10(15)1-2-12(11)17(13)7-9-3-4-18-8-9/h1-2,5,9H,3-4,6-8H2. The second kappa shape index (κ2) is 5.10. The molecule has 0 radical (unpaired) electrons. The zero-order valence-corrected chi connectivity index (χ0v) is 11.5. The number of nitrogens with zero attached hydrogens (tertiary/aromatic N) is 2. The molecule has 18 heavy (non-hydrogen) atoms. The summed E-state index contributed by atoms with van der Waals surface area (Å²) in [5.41, 5.74) is 1.69. The molecule has 1 aromatic carbocycles. The molecule has 1 fully saturated rings. The predicted octanol–water partition coefficient (Wildman–Crippen LogP) is 3.67. The summed E-state index contributed by atoms with van der Waals surface area (Å²) in [4.78, 5) is 4.42. The first kappa shape index (κ1) is 12.3. The summed E-state index contributed by atoms with van der Waals surface area (Å²) >= 11 is 7.95. The molecule has 5 heteroatoms. The molecule has 1 saturated heterocycles. The molecule has 1 atom stereocenters. The quantitative estimate of drug-likeness (QED) is 0.801. The van der Waals surface area contributed by atoms with Crippen molar-refractivity contribution in [3.05, 3.63) is 29.8 Å². The van der Waals surface area contributed by atoms with E-state index in [1.165, 1.54) is 30.1 Å². The highest BCUT2D eigenvalue weighted by atomic mass is 35.5. The van der Waals surface area contributed by atoms with E-state index < -0.39 is 0 Å². The fraction of sp³-hybridized carbons (Fsp3) is 0.462. The van der Waals surface area contributed by atoms with E-state index in [2.05, 4.69) is 9.55 Å². The van der Waals surface area contributed by atoms with E-state index in [4.69, 9.17) is 11.6 Å². The minimum absolute atomic E-state index is 0.246. The van der Waals surface area contributed by atoms with Crippen molar-refractivity contribution >= 4 is 34.4 Å². The second-order valence-corrected chi connectivity index (χ2v) is 6.05. The maximum Gasteiger partial charge on any atom is 0.125 e. The number of halogens is 2. The lowest BCUT2D eigenvalue weighted by Crippen LogP contribution is -2.12. The van der Waals surface area contributed by atoms with Crippen molar-refractivity contribution in [3.8, 4) is 0 Å². The molecule has 0 N–H and O–H groups in total. The highest BCUT2D eigenvalue weighted by molar-refractivity contribution is 7.99. The van der Waals surface area contributed by atoms with E-state index in [0.29, 0.717) is 17.3 Å². The van der Waals surface area contributed by atoms with Crippen LogP contribution in [0.15, 0.2) is 18.2 Å². The van der Waals surface area contributed by atoms with Gasteiger partial charge in [0.2, 0.25) is 0 Å². The maximum absolute atomic E-state index is 13.2. The molecule has 2 heterocycles. The summed E-state index contributed by atoms with van der Waals surface area (Å²) in [7, 11) is 0. The predicted molar refractivity (Wildman–Crippen MR) is 74.7 cm³/mol. The van der Waals surface area contributed by atoms with Crippen LogP contribution in [0.2, 0.25) is 0 Å². The Hall–Kier alpha value is -0.740. The van der Waals surface area contributed by atoms with Crippen LogP contribution in [0, 0.1) is 11.7 Å². The minimum atomic E-state index is -0.246. The van der Waals surface area contributed by atoms with Crippen LogP contribution in [0.25, 0.3) is 11.0 Å². The van der Waals surface area contributed by atoms with Crippen molar-refractivity contribution < 1.29 is 4.39 Å². The lowest BCUT2D eigenvalue weighted by Gasteiger charge is -2.12. The van der Waals surface area contributed by atoms with Gasteiger partial charge >= 0.3 is 0 Å². The van der Waals surface area contributed by atoms with Crippen LogP contribution in [0.5, 0.6) is 0 Å². The number of benzene rings is 1. The van der Waals surface area contributed by atoms with Crippen LogP contribution >= 0.6 is 23.4 Å². The Morgan fingerprint density at radius 1 is 1.50 bits per heavy atom. The number of thioether (sulfide) groups is 1. The molecule has 96 valence electrons. The molecule has 0 bridgehead atoms. The topological polar surface area (TPSA) is 17.8 Å². The molecule has 3 rings (SSSR count). The first-order valence-electron chi connectivity index (χ1n) is 6.06. The molecule has 1 aromatic heterocycles. The number of imidazole rings is 1. The van der Waals surface area contributed by atoms with Crippen molar-refractivity contribution in [1.29, 1.82) is 0 Å². The zero-order chi connectivity index (χ0) is 12.5. The Bertz CT molecular complexity index is 563. The van der Waals surface area contributed by atoms with Crippen molar-refractivity contribution in [1.82, 2.24) is 9.55 Å².